The summed E-state index contributed by atoms with van der Waals surface area (Å²) in [7, 11) is 0. The first-order valence-electron chi connectivity index (χ1n) is 5.06. The van der Waals surface area contributed by atoms with Crippen molar-refractivity contribution in [3.63, 3.8) is 0 Å². The first kappa shape index (κ1) is 10.9. The molecule has 1 aliphatic heterocycles. The quantitative estimate of drug-likeness (QED) is 0.783. The molecule has 0 atom stereocenters. The summed E-state index contributed by atoms with van der Waals surface area (Å²) in [6.45, 7) is 3.40. The van der Waals surface area contributed by atoms with Crippen LogP contribution in [0.2, 0.25) is 0 Å². The largest absolute Gasteiger partial charge is 0.324 e. The van der Waals surface area contributed by atoms with E-state index in [1.165, 1.54) is 0 Å². The highest BCUT2D eigenvalue weighted by molar-refractivity contribution is 5.89. The molecule has 0 saturated carbocycles. The normalized spacial score (nSPS) is 15.8. The Balaban J connectivity index is 2.00. The van der Waals surface area contributed by atoms with Crippen LogP contribution in [0, 0.1) is 17.6 Å². The van der Waals surface area contributed by atoms with Crippen LogP contribution in [0.3, 0.4) is 0 Å². The predicted octanol–water partition coefficient (Wildman–Crippen LogP) is 2.45. The minimum absolute atomic E-state index is 0.141. The Hall–Kier alpha value is -1.65. The number of halogens is 2. The molecule has 1 N–H and O–H groups in total. The molecule has 1 aromatic rings. The number of hydrogen-bond acceptors (Lipinski definition) is 1. The summed E-state index contributed by atoms with van der Waals surface area (Å²) >= 11 is 0. The van der Waals surface area contributed by atoms with Gasteiger partial charge in [0.15, 0.2) is 0 Å². The molecule has 1 fully saturated rings. The van der Waals surface area contributed by atoms with Crippen molar-refractivity contribution in [2.75, 3.05) is 18.4 Å². The van der Waals surface area contributed by atoms with Crippen molar-refractivity contribution in [3.8, 4) is 0 Å². The SMILES string of the molecule is CC1CN(C(=O)Nc2cc(F)cc(F)c2)C1. The van der Waals surface area contributed by atoms with E-state index in [9.17, 15) is 13.6 Å². The van der Waals surface area contributed by atoms with Crippen molar-refractivity contribution in [2.24, 2.45) is 5.92 Å². The van der Waals surface area contributed by atoms with Crippen LogP contribution >= 0.6 is 0 Å². The zero-order valence-corrected chi connectivity index (χ0v) is 8.84. The van der Waals surface area contributed by atoms with Crippen molar-refractivity contribution in [1.29, 1.82) is 0 Å². The van der Waals surface area contributed by atoms with Crippen LogP contribution in [0.1, 0.15) is 6.92 Å². The van der Waals surface area contributed by atoms with Gasteiger partial charge in [-0.05, 0) is 18.1 Å². The smallest absolute Gasteiger partial charge is 0.321 e. The first-order valence-corrected chi connectivity index (χ1v) is 5.06. The second kappa shape index (κ2) is 4.08. The lowest BCUT2D eigenvalue weighted by atomic mass is 10.0. The van der Waals surface area contributed by atoms with Crippen LogP contribution in [0.5, 0.6) is 0 Å². The van der Waals surface area contributed by atoms with Crippen LogP contribution in [0.25, 0.3) is 0 Å². The molecule has 1 aliphatic rings. The van der Waals surface area contributed by atoms with Crippen LogP contribution in [-0.4, -0.2) is 24.0 Å². The number of anilines is 1. The first-order chi connectivity index (χ1) is 7.54. The Morgan fingerprint density at radius 1 is 1.31 bits per heavy atom. The van der Waals surface area contributed by atoms with Crippen molar-refractivity contribution in [3.05, 3.63) is 29.8 Å². The van der Waals surface area contributed by atoms with Crippen molar-refractivity contribution >= 4 is 11.7 Å². The van der Waals surface area contributed by atoms with Crippen LogP contribution in [0.4, 0.5) is 19.3 Å². The number of benzene rings is 1. The summed E-state index contributed by atoms with van der Waals surface area (Å²) in [5, 5.41) is 2.45. The fraction of sp³-hybridized carbons (Fsp3) is 0.364. The van der Waals surface area contributed by atoms with Gasteiger partial charge in [0.05, 0.1) is 0 Å². The summed E-state index contributed by atoms with van der Waals surface area (Å²) in [5.74, 6) is -0.908. The fourth-order valence-electron chi connectivity index (χ4n) is 1.69. The predicted molar refractivity (Wildman–Crippen MR) is 56.1 cm³/mol. The Labute approximate surface area is 92.1 Å². The number of amides is 2. The van der Waals surface area contributed by atoms with E-state index in [4.69, 9.17) is 0 Å². The third-order valence-corrected chi connectivity index (χ3v) is 2.47. The number of urea groups is 1. The van der Waals surface area contributed by atoms with Crippen molar-refractivity contribution in [2.45, 2.75) is 6.92 Å². The average molecular weight is 226 g/mol. The van der Waals surface area contributed by atoms with Crippen molar-refractivity contribution < 1.29 is 13.6 Å². The molecule has 0 spiro atoms. The summed E-state index contributed by atoms with van der Waals surface area (Å²) in [5.41, 5.74) is 0.141. The Morgan fingerprint density at radius 3 is 2.38 bits per heavy atom. The van der Waals surface area contributed by atoms with Crippen LogP contribution in [0.15, 0.2) is 18.2 Å². The molecular formula is C11H12F2N2O. The highest BCUT2D eigenvalue weighted by atomic mass is 19.1. The molecule has 3 nitrogen and oxygen atoms in total. The van der Waals surface area contributed by atoms with Crippen LogP contribution < -0.4 is 5.32 Å². The number of nitrogens with zero attached hydrogens (tertiary/aromatic N) is 1. The van der Waals surface area contributed by atoms with E-state index in [1.807, 2.05) is 6.92 Å². The number of carbonyl (C=O) groups is 1. The molecule has 0 aliphatic carbocycles. The van der Waals surface area contributed by atoms with Gasteiger partial charge in [-0.3, -0.25) is 0 Å². The maximum Gasteiger partial charge on any atom is 0.321 e. The minimum Gasteiger partial charge on any atom is -0.324 e. The van der Waals surface area contributed by atoms with Gasteiger partial charge in [0.2, 0.25) is 0 Å². The highest BCUT2D eigenvalue weighted by Gasteiger charge is 2.27. The molecule has 16 heavy (non-hydrogen) atoms. The summed E-state index contributed by atoms with van der Waals surface area (Å²) in [4.78, 5) is 13.1. The van der Waals surface area contributed by atoms with E-state index in [2.05, 4.69) is 5.32 Å². The highest BCUT2D eigenvalue weighted by Crippen LogP contribution is 2.17. The molecule has 1 aromatic carbocycles. The van der Waals surface area contributed by atoms with Gasteiger partial charge in [-0.15, -0.1) is 0 Å². The second-order valence-corrected chi connectivity index (χ2v) is 4.10. The third kappa shape index (κ3) is 2.29. The van der Waals surface area contributed by atoms with Gasteiger partial charge in [-0.1, -0.05) is 6.92 Å². The molecular weight excluding hydrogens is 214 g/mol. The summed E-state index contributed by atoms with van der Waals surface area (Å²) in [6, 6.07) is 2.62. The zero-order valence-electron chi connectivity index (χ0n) is 8.84. The molecule has 86 valence electrons. The van der Waals surface area contributed by atoms with Gasteiger partial charge < -0.3 is 10.2 Å². The fourth-order valence-corrected chi connectivity index (χ4v) is 1.69. The minimum atomic E-state index is -0.702. The molecule has 0 unspecified atom stereocenters. The standard InChI is InChI=1S/C11H12F2N2O/c1-7-5-15(6-7)11(16)14-10-3-8(12)2-9(13)4-10/h2-4,7H,5-6H2,1H3,(H,14,16). The van der Waals surface area contributed by atoms with E-state index in [0.717, 1.165) is 18.2 Å². The molecule has 2 amide bonds. The van der Waals surface area contributed by atoms with Gasteiger partial charge in [0.1, 0.15) is 11.6 Å². The van der Waals surface area contributed by atoms with Gasteiger partial charge in [-0.25, -0.2) is 13.6 Å². The molecule has 0 radical (unpaired) electrons. The maximum absolute atomic E-state index is 12.8. The van der Waals surface area contributed by atoms with E-state index in [0.29, 0.717) is 19.0 Å². The number of carbonyl (C=O) groups excluding carboxylic acids is 1. The lowest BCUT2D eigenvalue weighted by Gasteiger charge is -2.36. The Bertz CT molecular complexity index is 396. The Morgan fingerprint density at radius 2 is 1.88 bits per heavy atom. The number of nitrogens with one attached hydrogen (secondary N) is 1. The summed E-state index contributed by atoms with van der Waals surface area (Å²) in [6.07, 6.45) is 0. The monoisotopic (exact) mass is 226 g/mol. The van der Waals surface area contributed by atoms with Gasteiger partial charge in [0.25, 0.3) is 0 Å². The molecule has 0 bridgehead atoms. The molecule has 2 rings (SSSR count). The van der Waals surface area contributed by atoms with Gasteiger partial charge in [-0.2, -0.15) is 0 Å². The third-order valence-electron chi connectivity index (χ3n) is 2.47. The number of likely N-dealkylation sites (tertiary alicyclic amines) is 1. The number of hydrogen-bond donors (Lipinski definition) is 1. The van der Waals surface area contributed by atoms with E-state index in [1.54, 1.807) is 4.90 Å². The summed E-state index contributed by atoms with van der Waals surface area (Å²) < 4.78 is 25.7. The van der Waals surface area contributed by atoms with E-state index >= 15 is 0 Å². The van der Waals surface area contributed by atoms with E-state index in [-0.39, 0.29) is 11.7 Å². The molecule has 5 heteroatoms. The van der Waals surface area contributed by atoms with Gasteiger partial charge >= 0.3 is 6.03 Å². The lowest BCUT2D eigenvalue weighted by molar-refractivity contribution is 0.141. The van der Waals surface area contributed by atoms with Crippen LogP contribution in [-0.2, 0) is 0 Å². The zero-order chi connectivity index (χ0) is 11.7. The Kier molecular flexibility index (Phi) is 2.77. The maximum atomic E-state index is 12.8. The lowest BCUT2D eigenvalue weighted by Crippen LogP contribution is -2.50. The molecule has 0 aromatic heterocycles. The van der Waals surface area contributed by atoms with Gasteiger partial charge in [0, 0.05) is 24.8 Å². The molecule has 1 heterocycles. The molecule has 1 saturated heterocycles. The average Bonchev–Trinajstić information content (AvgIpc) is 2.10. The van der Waals surface area contributed by atoms with E-state index < -0.39 is 11.6 Å². The second-order valence-electron chi connectivity index (χ2n) is 4.10. The number of rotatable bonds is 1. The topological polar surface area (TPSA) is 32.3 Å². The van der Waals surface area contributed by atoms with Crippen molar-refractivity contribution in [1.82, 2.24) is 4.90 Å².